The van der Waals surface area contributed by atoms with Crippen molar-refractivity contribution in [2.45, 2.75) is 13.8 Å². The largest absolute Gasteiger partial charge is 0.337 e. The first-order chi connectivity index (χ1) is 11.6. The van der Waals surface area contributed by atoms with Crippen LogP contribution in [-0.2, 0) is 0 Å². The van der Waals surface area contributed by atoms with E-state index in [1.54, 1.807) is 10.7 Å². The molecule has 0 aliphatic heterocycles. The number of aromatic nitrogens is 6. The van der Waals surface area contributed by atoms with Crippen LogP contribution < -0.4 is 5.32 Å². The van der Waals surface area contributed by atoms with Gasteiger partial charge in [0.2, 0.25) is 0 Å². The number of benzene rings is 1. The second kappa shape index (κ2) is 5.61. The van der Waals surface area contributed by atoms with Crippen LogP contribution in [0.3, 0.4) is 0 Å². The number of aryl methyl sites for hydroxylation is 1. The fraction of sp³-hybridized carbons (Fsp3) is 0.125. The Morgan fingerprint density at radius 1 is 1.12 bits per heavy atom. The van der Waals surface area contributed by atoms with Crippen molar-refractivity contribution in [2.24, 2.45) is 0 Å². The Morgan fingerprint density at radius 3 is 2.83 bits per heavy atom. The maximum Gasteiger partial charge on any atom is 0.254 e. The molecule has 4 aromatic rings. The molecular weight excluding hydrogens is 326 g/mol. The number of anilines is 2. The number of fused-ring (bicyclic) bond motifs is 1. The maximum atomic E-state index is 6.07. The highest BCUT2D eigenvalue weighted by Crippen LogP contribution is 2.24. The molecule has 0 aliphatic carbocycles. The Balaban J connectivity index is 1.74. The number of nitrogens with zero attached hydrogens (tertiary/aromatic N) is 6. The number of hydrogen-bond donors (Lipinski definition) is 1. The summed E-state index contributed by atoms with van der Waals surface area (Å²) in [5, 5.41) is 12.7. The van der Waals surface area contributed by atoms with Gasteiger partial charge in [0.25, 0.3) is 5.78 Å². The van der Waals surface area contributed by atoms with Gasteiger partial charge in [-0.2, -0.15) is 19.7 Å². The van der Waals surface area contributed by atoms with Crippen LogP contribution in [0.2, 0.25) is 5.02 Å². The molecule has 3 heterocycles. The van der Waals surface area contributed by atoms with Gasteiger partial charge in [0.15, 0.2) is 0 Å². The van der Waals surface area contributed by atoms with E-state index in [2.05, 4.69) is 25.5 Å². The molecule has 0 unspecified atom stereocenters. The second-order valence-electron chi connectivity index (χ2n) is 5.41. The van der Waals surface area contributed by atoms with Crippen LogP contribution in [0.15, 0.2) is 42.9 Å². The zero-order valence-electron chi connectivity index (χ0n) is 13.1. The van der Waals surface area contributed by atoms with Gasteiger partial charge in [-0.25, -0.2) is 9.67 Å². The zero-order valence-corrected chi connectivity index (χ0v) is 13.9. The number of nitrogens with one attached hydrogen (secondary N) is 1. The molecule has 4 rings (SSSR count). The van der Waals surface area contributed by atoms with Crippen molar-refractivity contribution in [2.75, 3.05) is 5.32 Å². The normalized spacial score (nSPS) is 11.1. The van der Waals surface area contributed by atoms with Gasteiger partial charge in [-0.05, 0) is 32.0 Å². The van der Waals surface area contributed by atoms with Crippen LogP contribution >= 0.6 is 11.6 Å². The quantitative estimate of drug-likeness (QED) is 0.620. The van der Waals surface area contributed by atoms with Crippen molar-refractivity contribution in [3.63, 3.8) is 0 Å². The van der Waals surface area contributed by atoms with Gasteiger partial charge in [0.05, 0.1) is 23.3 Å². The summed E-state index contributed by atoms with van der Waals surface area (Å²) < 4.78 is 3.49. The number of rotatable bonds is 3. The summed E-state index contributed by atoms with van der Waals surface area (Å²) in [6.07, 6.45) is 3.25. The first-order valence-corrected chi connectivity index (χ1v) is 7.74. The zero-order chi connectivity index (χ0) is 16.7. The lowest BCUT2D eigenvalue weighted by Gasteiger charge is -2.09. The Labute approximate surface area is 142 Å². The topological polar surface area (TPSA) is 72.9 Å². The Kier molecular flexibility index (Phi) is 3.42. The van der Waals surface area contributed by atoms with Crippen molar-refractivity contribution in [1.82, 2.24) is 29.4 Å². The smallest absolute Gasteiger partial charge is 0.254 e. The van der Waals surface area contributed by atoms with Crippen LogP contribution in [-0.4, -0.2) is 29.4 Å². The third-order valence-electron chi connectivity index (χ3n) is 3.71. The summed E-state index contributed by atoms with van der Waals surface area (Å²) in [6.45, 7) is 3.91. The molecule has 0 atom stereocenters. The molecule has 3 aromatic heterocycles. The second-order valence-corrected chi connectivity index (χ2v) is 5.85. The van der Waals surface area contributed by atoms with Crippen molar-refractivity contribution >= 4 is 28.9 Å². The monoisotopic (exact) mass is 339 g/mol. The first kappa shape index (κ1) is 14.6. The molecule has 0 saturated heterocycles. The molecule has 1 aromatic carbocycles. The molecule has 0 saturated carbocycles. The van der Waals surface area contributed by atoms with Gasteiger partial charge < -0.3 is 5.32 Å². The molecule has 0 bridgehead atoms. The van der Waals surface area contributed by atoms with Crippen LogP contribution in [0, 0.1) is 13.8 Å². The summed E-state index contributed by atoms with van der Waals surface area (Å²) in [7, 11) is 0. The third-order valence-corrected chi connectivity index (χ3v) is 3.94. The minimum Gasteiger partial charge on any atom is -0.337 e. The summed E-state index contributed by atoms with van der Waals surface area (Å²) in [5.41, 5.74) is 3.60. The molecule has 0 fully saturated rings. The fourth-order valence-corrected chi connectivity index (χ4v) is 2.74. The fourth-order valence-electron chi connectivity index (χ4n) is 2.56. The molecule has 1 N–H and O–H groups in total. The molecule has 24 heavy (non-hydrogen) atoms. The van der Waals surface area contributed by atoms with Crippen LogP contribution in [0.25, 0.3) is 11.5 Å². The van der Waals surface area contributed by atoms with Gasteiger partial charge in [-0.15, -0.1) is 0 Å². The van der Waals surface area contributed by atoms with Crippen LogP contribution in [0.4, 0.5) is 11.5 Å². The molecule has 8 heteroatoms. The van der Waals surface area contributed by atoms with Crippen LogP contribution in [0.5, 0.6) is 0 Å². The first-order valence-electron chi connectivity index (χ1n) is 7.37. The number of hydrogen-bond acceptors (Lipinski definition) is 5. The molecule has 0 spiro atoms. The van der Waals surface area contributed by atoms with E-state index in [-0.39, 0.29) is 0 Å². The summed E-state index contributed by atoms with van der Waals surface area (Å²) in [4.78, 5) is 8.47. The van der Waals surface area contributed by atoms with E-state index < -0.39 is 0 Å². The lowest BCUT2D eigenvalue weighted by molar-refractivity contribution is 0.847. The average Bonchev–Trinajstić information content (AvgIpc) is 3.15. The summed E-state index contributed by atoms with van der Waals surface area (Å²) in [6, 6.07) is 9.48. The van der Waals surface area contributed by atoms with Gasteiger partial charge >= 0.3 is 0 Å². The number of halogens is 1. The highest BCUT2D eigenvalue weighted by Gasteiger charge is 2.11. The van der Waals surface area contributed by atoms with E-state index in [1.807, 2.05) is 48.9 Å². The maximum absolute atomic E-state index is 6.07. The van der Waals surface area contributed by atoms with Gasteiger partial charge in [0, 0.05) is 16.8 Å². The molecule has 0 aliphatic rings. The lowest BCUT2D eigenvalue weighted by Crippen LogP contribution is -2.04. The van der Waals surface area contributed by atoms with Gasteiger partial charge in [-0.1, -0.05) is 17.7 Å². The van der Waals surface area contributed by atoms with Gasteiger partial charge in [0.1, 0.15) is 12.1 Å². The predicted molar refractivity (Wildman–Crippen MR) is 92.1 cm³/mol. The van der Waals surface area contributed by atoms with Crippen LogP contribution in [0.1, 0.15) is 11.4 Å². The standard InChI is InChI=1S/C16H14ClN7/c1-10-6-15(24-16(21-10)18-9-20-24)22-14-8-19-23(11(14)2)13-5-3-4-12(17)7-13/h3-9,22H,1-2H3. The van der Waals surface area contributed by atoms with E-state index in [4.69, 9.17) is 11.6 Å². The van der Waals surface area contributed by atoms with Crippen molar-refractivity contribution in [3.8, 4) is 5.69 Å². The Bertz CT molecular complexity index is 1030. The summed E-state index contributed by atoms with van der Waals surface area (Å²) in [5.74, 6) is 1.33. The highest BCUT2D eigenvalue weighted by atomic mass is 35.5. The Hall–Kier alpha value is -2.93. The minimum atomic E-state index is 0.553. The van der Waals surface area contributed by atoms with E-state index in [0.29, 0.717) is 10.8 Å². The average molecular weight is 340 g/mol. The van der Waals surface area contributed by atoms with Crippen molar-refractivity contribution < 1.29 is 0 Å². The predicted octanol–water partition coefficient (Wildman–Crippen LogP) is 3.32. The molecule has 120 valence electrons. The third kappa shape index (κ3) is 2.48. The van der Waals surface area contributed by atoms with E-state index in [9.17, 15) is 0 Å². The molecule has 0 radical (unpaired) electrons. The SMILES string of the molecule is Cc1cc(Nc2cnn(-c3cccc(Cl)c3)c2C)n2ncnc2n1. The van der Waals surface area contributed by atoms with Gasteiger partial charge in [-0.3, -0.25) is 0 Å². The molecule has 0 amide bonds. The van der Waals surface area contributed by atoms with Crippen molar-refractivity contribution in [3.05, 3.63) is 59.3 Å². The Morgan fingerprint density at radius 2 is 2.00 bits per heavy atom. The van der Waals surface area contributed by atoms with E-state index in [0.717, 1.165) is 28.6 Å². The minimum absolute atomic E-state index is 0.553. The highest BCUT2D eigenvalue weighted by molar-refractivity contribution is 6.30. The molecular formula is C16H14ClN7. The lowest BCUT2D eigenvalue weighted by atomic mass is 10.3. The summed E-state index contributed by atoms with van der Waals surface area (Å²) >= 11 is 6.07. The van der Waals surface area contributed by atoms with Crippen molar-refractivity contribution in [1.29, 1.82) is 0 Å². The van der Waals surface area contributed by atoms with E-state index in [1.165, 1.54) is 6.33 Å². The van der Waals surface area contributed by atoms with E-state index >= 15 is 0 Å². The molecule has 7 nitrogen and oxygen atoms in total.